The summed E-state index contributed by atoms with van der Waals surface area (Å²) in [5.41, 5.74) is 0.332. The smallest absolute Gasteiger partial charge is 0.298 e. The predicted molar refractivity (Wildman–Crippen MR) is 83.6 cm³/mol. The van der Waals surface area contributed by atoms with Gasteiger partial charge in [-0.05, 0) is 43.2 Å². The number of halogens is 1. The van der Waals surface area contributed by atoms with Gasteiger partial charge in [0.05, 0.1) is 18.0 Å². The molecule has 2 saturated heterocycles. The fourth-order valence-electron chi connectivity index (χ4n) is 2.80. The van der Waals surface area contributed by atoms with Gasteiger partial charge in [0.15, 0.2) is 6.67 Å². The fraction of sp³-hybridized carbons (Fsp3) is 0.375. The number of amides is 2. The molecule has 0 unspecified atom stereocenters. The van der Waals surface area contributed by atoms with Gasteiger partial charge in [0.2, 0.25) is 0 Å². The lowest BCUT2D eigenvalue weighted by atomic mass is 10.1. The number of piperidine rings is 1. The molecule has 1 aromatic carbocycles. The Balaban J connectivity index is 1.75. The normalized spacial score (nSPS) is 21.9. The van der Waals surface area contributed by atoms with Crippen molar-refractivity contribution >= 4 is 29.0 Å². The number of nitrogens with one attached hydrogen (secondary N) is 1. The molecular formula is C16H18FN2O2S+. The van der Waals surface area contributed by atoms with Gasteiger partial charge in [0.1, 0.15) is 5.82 Å². The second-order valence-electron chi connectivity index (χ2n) is 5.60. The Morgan fingerprint density at radius 2 is 1.91 bits per heavy atom. The van der Waals surface area contributed by atoms with Crippen molar-refractivity contribution in [3.63, 3.8) is 0 Å². The van der Waals surface area contributed by atoms with Crippen molar-refractivity contribution in [2.45, 2.75) is 19.3 Å². The molecule has 2 aliphatic rings. The molecule has 0 aromatic heterocycles. The van der Waals surface area contributed by atoms with Crippen LogP contribution in [0.2, 0.25) is 0 Å². The number of likely N-dealkylation sites (tertiary alicyclic amines) is 1. The summed E-state index contributed by atoms with van der Waals surface area (Å²) in [6.45, 7) is 2.40. The Morgan fingerprint density at radius 1 is 1.18 bits per heavy atom. The maximum atomic E-state index is 13.7. The Kier molecular flexibility index (Phi) is 4.59. The highest BCUT2D eigenvalue weighted by atomic mass is 32.2. The third-order valence-corrected chi connectivity index (χ3v) is 4.92. The molecule has 1 N–H and O–H groups in total. The zero-order valence-corrected chi connectivity index (χ0v) is 13.0. The van der Waals surface area contributed by atoms with E-state index in [-0.39, 0.29) is 11.1 Å². The summed E-state index contributed by atoms with van der Waals surface area (Å²) in [6, 6.07) is 6.24. The first-order valence-electron chi connectivity index (χ1n) is 7.48. The third kappa shape index (κ3) is 3.23. The largest absolute Gasteiger partial charge is 0.317 e. The molecule has 4 nitrogen and oxygen atoms in total. The standard InChI is InChI=1S/C16H17FN2O2S/c17-13-7-3-2-6-12(13)10-14-15(20)19(16(21)22-14)11-18-8-4-1-5-9-18/h2-3,6-7,10H,1,4-5,8-9,11H2/p+1/b14-10-. The molecule has 3 rings (SSSR count). The summed E-state index contributed by atoms with van der Waals surface area (Å²) in [6.07, 6.45) is 4.96. The van der Waals surface area contributed by atoms with Crippen LogP contribution in [0.15, 0.2) is 29.2 Å². The highest BCUT2D eigenvalue weighted by Crippen LogP contribution is 2.31. The average molecular weight is 321 g/mol. The minimum Gasteiger partial charge on any atom is -0.317 e. The van der Waals surface area contributed by atoms with Crippen molar-refractivity contribution in [1.29, 1.82) is 0 Å². The zero-order chi connectivity index (χ0) is 15.5. The topological polar surface area (TPSA) is 41.8 Å². The number of imide groups is 1. The molecule has 2 fully saturated rings. The Labute approximate surface area is 133 Å². The van der Waals surface area contributed by atoms with E-state index >= 15 is 0 Å². The van der Waals surface area contributed by atoms with Crippen LogP contribution in [0, 0.1) is 5.82 Å². The number of nitrogens with zero attached hydrogens (tertiary/aromatic N) is 1. The summed E-state index contributed by atoms with van der Waals surface area (Å²) >= 11 is 0.892. The summed E-state index contributed by atoms with van der Waals surface area (Å²) < 4.78 is 13.7. The predicted octanol–water partition coefficient (Wildman–Crippen LogP) is 1.89. The number of carbonyl (C=O) groups is 2. The van der Waals surface area contributed by atoms with Crippen molar-refractivity contribution in [3.05, 3.63) is 40.6 Å². The summed E-state index contributed by atoms with van der Waals surface area (Å²) in [4.78, 5) is 27.3. The van der Waals surface area contributed by atoms with Crippen LogP contribution in [0.3, 0.4) is 0 Å². The van der Waals surface area contributed by atoms with E-state index in [1.165, 1.54) is 28.4 Å². The van der Waals surface area contributed by atoms with Crippen LogP contribution in [-0.4, -0.2) is 35.8 Å². The number of benzene rings is 1. The highest BCUT2D eigenvalue weighted by molar-refractivity contribution is 8.18. The highest BCUT2D eigenvalue weighted by Gasteiger charge is 2.37. The lowest BCUT2D eigenvalue weighted by Gasteiger charge is -2.26. The maximum Gasteiger partial charge on any atom is 0.298 e. The van der Waals surface area contributed by atoms with Crippen LogP contribution in [0.4, 0.5) is 9.18 Å². The van der Waals surface area contributed by atoms with Gasteiger partial charge in [-0.1, -0.05) is 18.2 Å². The number of quaternary nitrogens is 1. The van der Waals surface area contributed by atoms with E-state index in [2.05, 4.69) is 0 Å². The minimum absolute atomic E-state index is 0.259. The molecule has 2 heterocycles. The number of carbonyl (C=O) groups excluding carboxylic acids is 2. The first-order chi connectivity index (χ1) is 10.6. The van der Waals surface area contributed by atoms with E-state index < -0.39 is 5.82 Å². The van der Waals surface area contributed by atoms with Gasteiger partial charge in [-0.15, -0.1) is 0 Å². The van der Waals surface area contributed by atoms with Gasteiger partial charge in [-0.2, -0.15) is 0 Å². The number of hydrogen-bond donors (Lipinski definition) is 1. The van der Waals surface area contributed by atoms with Crippen molar-refractivity contribution in [1.82, 2.24) is 4.90 Å². The molecule has 0 bridgehead atoms. The number of rotatable bonds is 3. The second kappa shape index (κ2) is 6.62. The van der Waals surface area contributed by atoms with Crippen molar-refractivity contribution in [2.75, 3.05) is 19.8 Å². The molecule has 2 aliphatic heterocycles. The van der Waals surface area contributed by atoms with Gasteiger partial charge in [0.25, 0.3) is 11.1 Å². The molecule has 2 amide bonds. The molecule has 0 aliphatic carbocycles. The molecule has 0 atom stereocenters. The molecule has 1 aromatic rings. The first-order valence-corrected chi connectivity index (χ1v) is 8.30. The van der Waals surface area contributed by atoms with Crippen LogP contribution >= 0.6 is 11.8 Å². The van der Waals surface area contributed by atoms with Crippen molar-refractivity contribution < 1.29 is 18.9 Å². The van der Waals surface area contributed by atoms with Gasteiger partial charge in [-0.25, -0.2) is 9.29 Å². The lowest BCUT2D eigenvalue weighted by molar-refractivity contribution is -0.912. The van der Waals surface area contributed by atoms with Crippen LogP contribution in [0.25, 0.3) is 6.08 Å². The Hall–Kier alpha value is -1.66. The van der Waals surface area contributed by atoms with E-state index in [0.717, 1.165) is 37.7 Å². The number of thioether (sulfide) groups is 1. The van der Waals surface area contributed by atoms with E-state index in [9.17, 15) is 14.0 Å². The monoisotopic (exact) mass is 321 g/mol. The van der Waals surface area contributed by atoms with Gasteiger partial charge < -0.3 is 4.90 Å². The van der Waals surface area contributed by atoms with Gasteiger partial charge in [-0.3, -0.25) is 9.59 Å². The van der Waals surface area contributed by atoms with Crippen LogP contribution in [0.5, 0.6) is 0 Å². The lowest BCUT2D eigenvalue weighted by Crippen LogP contribution is -3.14. The molecule has 6 heteroatoms. The first kappa shape index (κ1) is 15.2. The van der Waals surface area contributed by atoms with Crippen LogP contribution in [-0.2, 0) is 4.79 Å². The second-order valence-corrected chi connectivity index (χ2v) is 6.59. The van der Waals surface area contributed by atoms with E-state index in [0.29, 0.717) is 17.1 Å². The molecular weight excluding hydrogens is 303 g/mol. The van der Waals surface area contributed by atoms with E-state index in [1.54, 1.807) is 18.2 Å². The summed E-state index contributed by atoms with van der Waals surface area (Å²) in [7, 11) is 0. The van der Waals surface area contributed by atoms with Crippen LogP contribution in [0.1, 0.15) is 24.8 Å². The molecule has 22 heavy (non-hydrogen) atoms. The minimum atomic E-state index is -0.393. The Bertz CT molecular complexity index is 626. The average Bonchev–Trinajstić information content (AvgIpc) is 2.78. The van der Waals surface area contributed by atoms with Gasteiger partial charge >= 0.3 is 0 Å². The third-order valence-electron chi connectivity index (χ3n) is 4.01. The maximum absolute atomic E-state index is 13.7. The molecule has 0 spiro atoms. The van der Waals surface area contributed by atoms with E-state index in [4.69, 9.17) is 0 Å². The quantitative estimate of drug-likeness (QED) is 0.865. The SMILES string of the molecule is O=C1S/C(=C\c2ccccc2F)C(=O)N1C[NH+]1CCCCC1. The fourth-order valence-corrected chi connectivity index (χ4v) is 3.63. The molecule has 0 saturated carbocycles. The van der Waals surface area contributed by atoms with Gasteiger partial charge in [0, 0.05) is 5.56 Å². The zero-order valence-electron chi connectivity index (χ0n) is 12.2. The number of hydrogen-bond acceptors (Lipinski definition) is 3. The van der Waals surface area contributed by atoms with Crippen LogP contribution < -0.4 is 4.90 Å². The van der Waals surface area contributed by atoms with Crippen molar-refractivity contribution in [3.8, 4) is 0 Å². The summed E-state index contributed by atoms with van der Waals surface area (Å²) in [5, 5.41) is -0.259. The summed E-state index contributed by atoms with van der Waals surface area (Å²) in [5.74, 6) is -0.702. The molecule has 116 valence electrons. The van der Waals surface area contributed by atoms with Crippen molar-refractivity contribution in [2.24, 2.45) is 0 Å². The van der Waals surface area contributed by atoms with E-state index in [1.807, 2.05) is 0 Å². The molecule has 0 radical (unpaired) electrons. The Morgan fingerprint density at radius 3 is 2.64 bits per heavy atom.